The van der Waals surface area contributed by atoms with E-state index in [0.29, 0.717) is 0 Å². The highest BCUT2D eigenvalue weighted by atomic mass is 32.2. The summed E-state index contributed by atoms with van der Waals surface area (Å²) in [5.41, 5.74) is 8.12. The van der Waals surface area contributed by atoms with Gasteiger partial charge >= 0.3 is 0 Å². The van der Waals surface area contributed by atoms with Gasteiger partial charge in [0.25, 0.3) is 0 Å². The molecule has 4 heteroatoms. The maximum Gasteiger partial charge on any atom is 0.152 e. The average Bonchev–Trinajstić information content (AvgIpc) is 2.90. The van der Waals surface area contributed by atoms with Crippen molar-refractivity contribution >= 4 is 9.84 Å². The normalized spacial score (nSPS) is 29.1. The van der Waals surface area contributed by atoms with Crippen molar-refractivity contribution in [3.05, 3.63) is 35.4 Å². The fourth-order valence-electron chi connectivity index (χ4n) is 2.24. The lowest BCUT2D eigenvalue weighted by atomic mass is 10.1. The van der Waals surface area contributed by atoms with Crippen molar-refractivity contribution in [2.75, 3.05) is 6.26 Å². The molecule has 2 rings (SSSR count). The van der Waals surface area contributed by atoms with E-state index in [1.807, 2.05) is 24.3 Å². The van der Waals surface area contributed by atoms with Crippen molar-refractivity contribution in [2.24, 2.45) is 5.73 Å². The fourth-order valence-corrected chi connectivity index (χ4v) is 3.77. The van der Waals surface area contributed by atoms with Gasteiger partial charge in [0.15, 0.2) is 9.84 Å². The largest absolute Gasteiger partial charge is 0.326 e. The molecule has 1 saturated carbocycles. The first-order valence-electron chi connectivity index (χ1n) is 5.48. The van der Waals surface area contributed by atoms with E-state index in [0.717, 1.165) is 12.0 Å². The molecule has 16 heavy (non-hydrogen) atoms. The zero-order valence-electron chi connectivity index (χ0n) is 9.55. The van der Waals surface area contributed by atoms with E-state index in [1.165, 1.54) is 11.8 Å². The molecule has 0 radical (unpaired) electrons. The number of nitrogens with two attached hydrogens (primary N) is 1. The van der Waals surface area contributed by atoms with Crippen LogP contribution in [0.1, 0.15) is 24.0 Å². The summed E-state index contributed by atoms with van der Waals surface area (Å²) in [7, 11) is -3.02. The summed E-state index contributed by atoms with van der Waals surface area (Å²) in [4.78, 5) is 0. The molecule has 0 bridgehead atoms. The number of rotatable bonds is 3. The molecule has 0 aromatic heterocycles. The zero-order chi connectivity index (χ0) is 11.9. The van der Waals surface area contributed by atoms with Gasteiger partial charge in [0.1, 0.15) is 0 Å². The van der Waals surface area contributed by atoms with Crippen LogP contribution >= 0.6 is 0 Å². The van der Waals surface area contributed by atoms with Crippen molar-refractivity contribution in [1.82, 2.24) is 0 Å². The van der Waals surface area contributed by atoms with Crippen LogP contribution in [0.3, 0.4) is 0 Å². The molecule has 1 aromatic carbocycles. The second-order valence-corrected chi connectivity index (χ2v) is 6.70. The minimum absolute atomic E-state index is 0.0130. The predicted molar refractivity (Wildman–Crippen MR) is 65.2 cm³/mol. The Morgan fingerprint density at radius 1 is 1.25 bits per heavy atom. The molecule has 3 nitrogen and oxygen atoms in total. The lowest BCUT2D eigenvalue weighted by Crippen LogP contribution is -2.13. The van der Waals surface area contributed by atoms with E-state index in [9.17, 15) is 8.42 Å². The monoisotopic (exact) mass is 239 g/mol. The molecule has 0 spiro atoms. The molecule has 0 aliphatic heterocycles. The second kappa shape index (κ2) is 3.86. The highest BCUT2D eigenvalue weighted by Crippen LogP contribution is 2.44. The Balaban J connectivity index is 2.21. The maximum absolute atomic E-state index is 11.4. The van der Waals surface area contributed by atoms with Crippen molar-refractivity contribution in [1.29, 1.82) is 0 Å². The van der Waals surface area contributed by atoms with Gasteiger partial charge in [-0.15, -0.1) is 0 Å². The van der Waals surface area contributed by atoms with Gasteiger partial charge in [-0.25, -0.2) is 8.42 Å². The highest BCUT2D eigenvalue weighted by Gasteiger charge is 2.54. The summed E-state index contributed by atoms with van der Waals surface area (Å²) in [5.74, 6) is -0.0130. The number of benzene rings is 1. The third-order valence-corrected chi connectivity index (χ3v) is 4.87. The quantitative estimate of drug-likeness (QED) is 0.859. The van der Waals surface area contributed by atoms with Gasteiger partial charge in [0, 0.05) is 18.2 Å². The summed E-state index contributed by atoms with van der Waals surface area (Å²) < 4.78 is 22.9. The van der Waals surface area contributed by atoms with Crippen molar-refractivity contribution in [3.8, 4) is 0 Å². The molecular formula is C12H17NO2S. The Morgan fingerprint density at radius 3 is 2.19 bits per heavy atom. The van der Waals surface area contributed by atoms with Gasteiger partial charge in [-0.05, 0) is 17.5 Å². The van der Waals surface area contributed by atoms with Gasteiger partial charge in [-0.1, -0.05) is 31.2 Å². The SMILES string of the molecule is CCc1ccc([C@@H]2[C@H](N)[C@H]2S(C)(=O)=O)cc1. The molecule has 1 aromatic rings. The molecule has 1 fully saturated rings. The van der Waals surface area contributed by atoms with Crippen molar-refractivity contribution < 1.29 is 8.42 Å². The van der Waals surface area contributed by atoms with E-state index in [2.05, 4.69) is 6.92 Å². The van der Waals surface area contributed by atoms with Crippen molar-refractivity contribution in [2.45, 2.75) is 30.6 Å². The Hall–Kier alpha value is -0.870. The van der Waals surface area contributed by atoms with Gasteiger partial charge < -0.3 is 5.73 Å². The summed E-state index contributed by atoms with van der Waals surface area (Å²) >= 11 is 0. The molecule has 1 aliphatic rings. The number of aryl methyl sites for hydroxylation is 1. The smallest absolute Gasteiger partial charge is 0.152 e. The first-order valence-corrected chi connectivity index (χ1v) is 7.44. The standard InChI is InChI=1S/C12H17NO2S/c1-3-8-4-6-9(7-5-8)10-11(13)12(10)16(2,14)15/h4-7,10-12H,3,13H2,1-2H3/t10-,11+,12+/m1/s1. The first-order chi connectivity index (χ1) is 7.45. The van der Waals surface area contributed by atoms with Gasteiger partial charge in [-0.2, -0.15) is 0 Å². The van der Waals surface area contributed by atoms with Crippen LogP contribution in [0, 0.1) is 0 Å². The lowest BCUT2D eigenvalue weighted by Gasteiger charge is -2.01. The minimum atomic E-state index is -3.02. The van der Waals surface area contributed by atoms with E-state index >= 15 is 0 Å². The number of hydrogen-bond acceptors (Lipinski definition) is 3. The van der Waals surface area contributed by atoms with Crippen molar-refractivity contribution in [3.63, 3.8) is 0 Å². The van der Waals surface area contributed by atoms with Crippen LogP contribution in [0.15, 0.2) is 24.3 Å². The molecule has 1 aliphatic carbocycles. The number of sulfone groups is 1. The third-order valence-electron chi connectivity index (χ3n) is 3.27. The van der Waals surface area contributed by atoms with Gasteiger partial charge in [0.2, 0.25) is 0 Å². The van der Waals surface area contributed by atoms with Crippen LogP contribution in [0.25, 0.3) is 0 Å². The number of hydrogen-bond donors (Lipinski definition) is 1. The predicted octanol–water partition coefficient (Wildman–Crippen LogP) is 1.09. The van der Waals surface area contributed by atoms with E-state index in [4.69, 9.17) is 5.73 Å². The molecule has 0 amide bonds. The first kappa shape index (κ1) is 11.6. The Labute approximate surface area is 96.6 Å². The van der Waals surface area contributed by atoms with Gasteiger partial charge in [-0.3, -0.25) is 0 Å². The summed E-state index contributed by atoms with van der Waals surface area (Å²) in [6, 6.07) is 7.84. The van der Waals surface area contributed by atoms with E-state index in [1.54, 1.807) is 0 Å². The highest BCUT2D eigenvalue weighted by molar-refractivity contribution is 7.91. The van der Waals surface area contributed by atoms with E-state index < -0.39 is 9.84 Å². The molecule has 2 N–H and O–H groups in total. The lowest BCUT2D eigenvalue weighted by molar-refractivity contribution is 0.599. The molecule has 0 unspecified atom stereocenters. The van der Waals surface area contributed by atoms with Crippen LogP contribution in [-0.4, -0.2) is 26.0 Å². The maximum atomic E-state index is 11.4. The molecular weight excluding hydrogens is 222 g/mol. The van der Waals surface area contributed by atoms with Crippen LogP contribution in [0.5, 0.6) is 0 Å². The molecule has 0 heterocycles. The fraction of sp³-hybridized carbons (Fsp3) is 0.500. The summed E-state index contributed by atoms with van der Waals surface area (Å²) in [6.07, 6.45) is 2.25. The zero-order valence-corrected chi connectivity index (χ0v) is 10.4. The Morgan fingerprint density at radius 2 is 1.81 bits per heavy atom. The Kier molecular flexibility index (Phi) is 2.80. The average molecular weight is 239 g/mol. The van der Waals surface area contributed by atoms with Crippen LogP contribution < -0.4 is 5.73 Å². The van der Waals surface area contributed by atoms with Gasteiger partial charge in [0.05, 0.1) is 5.25 Å². The minimum Gasteiger partial charge on any atom is -0.326 e. The molecule has 88 valence electrons. The summed E-state index contributed by atoms with van der Waals surface area (Å²) in [5, 5.41) is -0.389. The van der Waals surface area contributed by atoms with Crippen LogP contribution in [-0.2, 0) is 16.3 Å². The molecule has 3 atom stereocenters. The molecule has 0 saturated heterocycles. The Bertz CT molecular complexity index is 478. The third kappa shape index (κ3) is 1.99. The second-order valence-electron chi connectivity index (χ2n) is 4.49. The summed E-state index contributed by atoms with van der Waals surface area (Å²) in [6.45, 7) is 2.09. The van der Waals surface area contributed by atoms with Crippen LogP contribution in [0.4, 0.5) is 0 Å². The topological polar surface area (TPSA) is 60.2 Å². The van der Waals surface area contributed by atoms with Crippen LogP contribution in [0.2, 0.25) is 0 Å². The van der Waals surface area contributed by atoms with E-state index in [-0.39, 0.29) is 17.2 Å².